The smallest absolute Gasteiger partial charge is 0.300 e. The number of aliphatic carboxylic acids is 1. The topological polar surface area (TPSA) is 153 Å². The molecule has 0 aliphatic heterocycles. The monoisotopic (exact) mass is 342 g/mol. The van der Waals surface area contributed by atoms with Crippen molar-refractivity contribution in [3.05, 3.63) is 0 Å². The number of carbonyl (C=O) groups excluding carboxylic acids is 2. The van der Waals surface area contributed by atoms with Crippen molar-refractivity contribution in [2.45, 2.75) is 34.6 Å². The van der Waals surface area contributed by atoms with Gasteiger partial charge < -0.3 is 31.0 Å². The summed E-state index contributed by atoms with van der Waals surface area (Å²) < 4.78 is 3.25. The molecule has 8 nitrogen and oxygen atoms in total. The molecule has 0 aromatic carbocycles. The summed E-state index contributed by atoms with van der Waals surface area (Å²) in [7, 11) is 10.8. The molecule has 22 heavy (non-hydrogen) atoms. The molecule has 0 aliphatic carbocycles. The fourth-order valence-corrected chi connectivity index (χ4v) is 0. The third-order valence-corrected chi connectivity index (χ3v) is 0. The fourth-order valence-electron chi connectivity index (χ4n) is 0. The minimum atomic E-state index is -0.833. The van der Waals surface area contributed by atoms with Crippen molar-refractivity contribution in [3.8, 4) is 0 Å². The van der Waals surface area contributed by atoms with E-state index >= 15 is 0 Å². The molecule has 0 unspecified atom stereocenters. The van der Waals surface area contributed by atoms with Crippen LogP contribution in [0.3, 0.4) is 0 Å². The third kappa shape index (κ3) is 5770. The number of aldehydes is 1. The van der Waals surface area contributed by atoms with Crippen LogP contribution in [-0.4, -0.2) is 64.9 Å². The Morgan fingerprint density at radius 2 is 1.09 bits per heavy atom. The first-order chi connectivity index (χ1) is 10.3. The number of nitrogens with two attached hydrogens (primary N) is 2. The number of carboxylic acids is 1. The first-order valence-electron chi connectivity index (χ1n) is 5.68. The van der Waals surface area contributed by atoms with Crippen molar-refractivity contribution >= 4 is 46.9 Å². The molecular formula is C11H32B2N2O6S. The number of aliphatic hydroxyl groups excluding tert-OH is 1. The summed E-state index contributed by atoms with van der Waals surface area (Å²) in [5.74, 6) is -1.17. The number of primary amides is 1. The highest BCUT2D eigenvalue weighted by Crippen LogP contribution is 1.42. The lowest BCUT2D eigenvalue weighted by Gasteiger charge is -1.60. The molecule has 0 aromatic rings. The highest BCUT2D eigenvalue weighted by Gasteiger charge is 1.65. The summed E-state index contributed by atoms with van der Waals surface area (Å²) in [4.78, 5) is 27.0. The fraction of sp³-hybridized carbons (Fsp3) is 0.727. The van der Waals surface area contributed by atoms with Crippen molar-refractivity contribution in [3.63, 3.8) is 0 Å². The number of amides is 1. The highest BCUT2D eigenvalue weighted by molar-refractivity contribution is 7.79. The van der Waals surface area contributed by atoms with Crippen LogP contribution in [0.5, 0.6) is 0 Å². The first kappa shape index (κ1) is 49.7. The molecule has 0 fully saturated rings. The van der Waals surface area contributed by atoms with Crippen molar-refractivity contribution in [1.29, 1.82) is 0 Å². The van der Waals surface area contributed by atoms with Gasteiger partial charge in [0.25, 0.3) is 22.1 Å². The highest BCUT2D eigenvalue weighted by atomic mass is 32.1. The second kappa shape index (κ2) is 148. The van der Waals surface area contributed by atoms with E-state index in [4.69, 9.17) is 19.8 Å². The minimum Gasteiger partial charge on any atom is -0.514 e. The summed E-state index contributed by atoms with van der Waals surface area (Å²) in [6.07, 6.45) is 2.44. The van der Waals surface area contributed by atoms with Gasteiger partial charge in [-0.3, -0.25) is 9.59 Å². The Bertz CT molecular complexity index is 139. The molecule has 1 amide bonds. The zero-order chi connectivity index (χ0) is 20.6. The minimum absolute atomic E-state index is 0.333. The van der Waals surface area contributed by atoms with Crippen molar-refractivity contribution in [2.75, 3.05) is 20.4 Å². The lowest BCUT2D eigenvalue weighted by atomic mass is 10.5. The van der Waals surface area contributed by atoms with E-state index in [0.29, 0.717) is 0 Å². The number of aliphatic hydroxyl groups is 1. The average molecular weight is 342 g/mol. The number of rotatable bonds is 0. The van der Waals surface area contributed by atoms with Gasteiger partial charge in [-0.15, -0.1) is 0 Å². The predicted molar refractivity (Wildman–Crippen MR) is 97.0 cm³/mol. The van der Waals surface area contributed by atoms with E-state index in [1.165, 1.54) is 20.9 Å². The van der Waals surface area contributed by atoms with E-state index < -0.39 is 5.97 Å². The Kier molecular flexibility index (Phi) is 334. The van der Waals surface area contributed by atoms with Gasteiger partial charge >= 0.3 is 0 Å². The van der Waals surface area contributed by atoms with Crippen LogP contribution in [0.2, 0.25) is 0 Å². The third-order valence-electron chi connectivity index (χ3n) is 0. The Balaban J connectivity index is -0.0000000174. The largest absolute Gasteiger partial charge is 0.514 e. The van der Waals surface area contributed by atoms with E-state index in [0.717, 1.165) is 20.3 Å². The Labute approximate surface area is 143 Å². The maximum absolute atomic E-state index is 9.22. The van der Waals surface area contributed by atoms with Gasteiger partial charge in [0, 0.05) is 21.0 Å². The first-order valence-corrected chi connectivity index (χ1v) is 6.57. The quantitative estimate of drug-likeness (QED) is 0.230. The van der Waals surface area contributed by atoms with Crippen LogP contribution in [0, 0.1) is 0 Å². The lowest BCUT2D eigenvalue weighted by molar-refractivity contribution is -0.134. The van der Waals surface area contributed by atoms with Gasteiger partial charge in [-0.05, 0) is 20.2 Å². The molecule has 0 saturated heterocycles. The van der Waals surface area contributed by atoms with Gasteiger partial charge in [-0.1, -0.05) is 13.8 Å². The molecule has 0 atom stereocenters. The maximum Gasteiger partial charge on any atom is 0.300 e. The van der Waals surface area contributed by atoms with Gasteiger partial charge in [-0.2, -0.15) is 12.6 Å². The van der Waals surface area contributed by atoms with Crippen LogP contribution < -0.4 is 11.5 Å². The number of carboxylic acid groups (broad SMARTS) is 1. The second-order valence-corrected chi connectivity index (χ2v) is 1.50. The molecule has 6 N–H and O–H groups in total. The average Bonchev–Trinajstić information content (AvgIpc) is 2.47. The van der Waals surface area contributed by atoms with Crippen LogP contribution >= 0.6 is 12.6 Å². The van der Waals surface area contributed by atoms with Crippen molar-refractivity contribution in [1.82, 2.24) is 0 Å². The van der Waals surface area contributed by atoms with Crippen LogP contribution in [0.15, 0.2) is 0 Å². The molecule has 4 radical (unpaired) electrons. The van der Waals surface area contributed by atoms with Gasteiger partial charge in [-0.25, -0.2) is 0 Å². The van der Waals surface area contributed by atoms with E-state index in [2.05, 4.69) is 44.8 Å². The molecule has 0 spiro atoms. The van der Waals surface area contributed by atoms with Crippen molar-refractivity contribution < 1.29 is 29.2 Å². The van der Waals surface area contributed by atoms with Crippen LogP contribution in [0.1, 0.15) is 34.6 Å². The van der Waals surface area contributed by atoms with E-state index in [9.17, 15) is 4.79 Å². The SMILES string of the molecule is CC.CC(=O)O.CC(N)=O.CC=O.CN.CO.CS.[B]O[B]. The Hall–Kier alpha value is -1.03. The normalized spacial score (nSPS) is 4.68. The number of thiol groups is 1. The molecular weight excluding hydrogens is 310 g/mol. The predicted octanol–water partition coefficient (Wildman–Crippen LogP) is -0.287. The summed E-state index contributed by atoms with van der Waals surface area (Å²) in [6, 6.07) is 0. The molecule has 134 valence electrons. The molecule has 0 rings (SSSR count). The summed E-state index contributed by atoms with van der Waals surface area (Å²) in [5.41, 5.74) is 8.97. The van der Waals surface area contributed by atoms with E-state index in [-0.39, 0.29) is 5.91 Å². The van der Waals surface area contributed by atoms with Gasteiger partial charge in [0.2, 0.25) is 5.91 Å². The van der Waals surface area contributed by atoms with Gasteiger partial charge in [0.05, 0.1) is 0 Å². The number of hydrogen-bond acceptors (Lipinski definition) is 7. The molecule has 0 aliphatic rings. The lowest BCUT2D eigenvalue weighted by Crippen LogP contribution is -2.01. The van der Waals surface area contributed by atoms with E-state index in [1.807, 2.05) is 13.8 Å². The molecule has 11 heteroatoms. The summed E-state index contributed by atoms with van der Waals surface area (Å²) in [5, 5.41) is 14.4. The standard InChI is InChI=1S/C2H5NO.C2H4O2.C2H4O.C2H6.CH5N.CH4O.CH4S.B2O/c2*1-2(3)4;1-2-3;4*1-2;1-3-2/h1H3,(H2,3,4);1H3,(H,3,4);2H,1H3;1-2H3;2H2,1H3;2*2H,1H3;. The zero-order valence-corrected chi connectivity index (χ0v) is 15.8. The van der Waals surface area contributed by atoms with Crippen LogP contribution in [0.25, 0.3) is 0 Å². The number of carbonyl (C=O) groups is 3. The molecule has 0 saturated carbocycles. The van der Waals surface area contributed by atoms with Gasteiger partial charge in [0.1, 0.15) is 6.29 Å². The summed E-state index contributed by atoms with van der Waals surface area (Å²) >= 11 is 3.53. The Morgan fingerprint density at radius 3 is 1.09 bits per heavy atom. The maximum atomic E-state index is 9.22. The Morgan fingerprint density at radius 1 is 1.09 bits per heavy atom. The van der Waals surface area contributed by atoms with Crippen molar-refractivity contribution in [2.24, 2.45) is 11.5 Å². The molecule has 0 heterocycles. The van der Waals surface area contributed by atoms with Crippen LogP contribution in [0.4, 0.5) is 0 Å². The second-order valence-electron chi connectivity index (χ2n) is 1.50. The number of hydrogen-bond donors (Lipinski definition) is 5. The summed E-state index contributed by atoms with van der Waals surface area (Å²) in [6.45, 7) is 7.83. The molecule has 0 bridgehead atoms. The zero-order valence-electron chi connectivity index (χ0n) is 14.9. The van der Waals surface area contributed by atoms with Crippen LogP contribution in [-0.2, 0) is 19.0 Å². The van der Waals surface area contributed by atoms with E-state index in [1.54, 1.807) is 6.26 Å². The molecule has 0 aromatic heterocycles. The van der Waals surface area contributed by atoms with Gasteiger partial charge in [0.15, 0.2) is 0 Å².